The standard InChI is InChI=1S/C19H25N3O5S/c1-5-17(14-6-8-15(27-4)9-7-14)20-18-11-10-16(12-19(18)22(23)24)28(25,26)21-13(2)3/h6-13,17,20-21H,5H2,1-4H3/t17-/m1/s1. The molecule has 8 nitrogen and oxygen atoms in total. The van der Waals surface area contributed by atoms with Crippen LogP contribution >= 0.6 is 0 Å². The highest BCUT2D eigenvalue weighted by Crippen LogP contribution is 2.32. The van der Waals surface area contributed by atoms with E-state index in [9.17, 15) is 18.5 Å². The normalized spacial score (nSPS) is 12.6. The minimum Gasteiger partial charge on any atom is -0.497 e. The van der Waals surface area contributed by atoms with Crippen molar-refractivity contribution >= 4 is 21.4 Å². The molecule has 0 fully saturated rings. The average molecular weight is 407 g/mol. The van der Waals surface area contributed by atoms with Gasteiger partial charge >= 0.3 is 0 Å². The maximum absolute atomic E-state index is 12.3. The van der Waals surface area contributed by atoms with Crippen molar-refractivity contribution in [1.82, 2.24) is 4.72 Å². The third kappa shape index (κ3) is 5.20. The summed E-state index contributed by atoms with van der Waals surface area (Å²) in [5.41, 5.74) is 0.908. The topological polar surface area (TPSA) is 111 Å². The zero-order chi connectivity index (χ0) is 20.9. The van der Waals surface area contributed by atoms with E-state index in [1.165, 1.54) is 12.1 Å². The van der Waals surface area contributed by atoms with Crippen molar-refractivity contribution in [3.05, 3.63) is 58.1 Å². The minimum absolute atomic E-state index is 0.143. The number of hydrogen-bond donors (Lipinski definition) is 2. The number of nitrogens with zero attached hydrogens (tertiary/aromatic N) is 1. The molecule has 0 radical (unpaired) electrons. The molecular formula is C19H25N3O5S. The van der Waals surface area contributed by atoms with E-state index >= 15 is 0 Å². The molecule has 0 aliphatic heterocycles. The molecule has 0 heterocycles. The van der Waals surface area contributed by atoms with Gasteiger partial charge in [0.2, 0.25) is 10.0 Å². The van der Waals surface area contributed by atoms with Crippen molar-refractivity contribution in [3.8, 4) is 5.75 Å². The number of sulfonamides is 1. The van der Waals surface area contributed by atoms with Crippen LogP contribution in [0.25, 0.3) is 0 Å². The number of nitro groups is 1. The lowest BCUT2D eigenvalue weighted by molar-refractivity contribution is -0.384. The van der Waals surface area contributed by atoms with Gasteiger partial charge in [0.15, 0.2) is 0 Å². The smallest absolute Gasteiger partial charge is 0.293 e. The van der Waals surface area contributed by atoms with Gasteiger partial charge in [0.25, 0.3) is 5.69 Å². The number of nitro benzene ring substituents is 1. The summed E-state index contributed by atoms with van der Waals surface area (Å²) in [5, 5.41) is 14.7. The van der Waals surface area contributed by atoms with Crippen molar-refractivity contribution in [3.63, 3.8) is 0 Å². The minimum atomic E-state index is -3.82. The fourth-order valence-corrected chi connectivity index (χ4v) is 4.05. The Morgan fingerprint density at radius 2 is 1.79 bits per heavy atom. The fourth-order valence-electron chi connectivity index (χ4n) is 2.78. The lowest BCUT2D eigenvalue weighted by Crippen LogP contribution is -2.30. The summed E-state index contributed by atoms with van der Waals surface area (Å²) in [4.78, 5) is 10.8. The molecule has 0 aliphatic carbocycles. The third-order valence-corrected chi connectivity index (χ3v) is 5.78. The van der Waals surface area contributed by atoms with Crippen LogP contribution in [-0.4, -0.2) is 26.5 Å². The Kier molecular flexibility index (Phi) is 6.98. The molecule has 0 aromatic heterocycles. The number of rotatable bonds is 9. The molecule has 0 bridgehead atoms. The maximum atomic E-state index is 12.3. The fraction of sp³-hybridized carbons (Fsp3) is 0.368. The molecule has 152 valence electrons. The summed E-state index contributed by atoms with van der Waals surface area (Å²) in [7, 11) is -2.24. The molecule has 0 amide bonds. The molecule has 0 saturated carbocycles. The first-order chi connectivity index (χ1) is 13.2. The second kappa shape index (κ2) is 9.03. The Hall–Kier alpha value is -2.65. The highest BCUT2D eigenvalue weighted by atomic mass is 32.2. The van der Waals surface area contributed by atoms with E-state index in [1.54, 1.807) is 21.0 Å². The van der Waals surface area contributed by atoms with Crippen LogP contribution < -0.4 is 14.8 Å². The summed E-state index contributed by atoms with van der Waals surface area (Å²) in [6, 6.07) is 10.8. The molecule has 0 unspecified atom stereocenters. The third-order valence-electron chi connectivity index (χ3n) is 4.12. The average Bonchev–Trinajstić information content (AvgIpc) is 2.65. The number of methoxy groups -OCH3 is 1. The molecule has 0 aliphatic rings. The van der Waals surface area contributed by atoms with Crippen LogP contribution in [0, 0.1) is 10.1 Å². The molecule has 9 heteroatoms. The van der Waals surface area contributed by atoms with Crippen molar-refractivity contribution in [2.24, 2.45) is 0 Å². The lowest BCUT2D eigenvalue weighted by Gasteiger charge is -2.19. The summed E-state index contributed by atoms with van der Waals surface area (Å²) >= 11 is 0. The summed E-state index contributed by atoms with van der Waals surface area (Å²) in [5.74, 6) is 0.719. The Labute approximate surface area is 165 Å². The largest absolute Gasteiger partial charge is 0.497 e. The molecule has 2 aromatic rings. The van der Waals surface area contributed by atoms with E-state index in [0.717, 1.165) is 17.4 Å². The number of benzene rings is 2. The predicted molar refractivity (Wildman–Crippen MR) is 108 cm³/mol. The van der Waals surface area contributed by atoms with Crippen LogP contribution in [0.4, 0.5) is 11.4 Å². The van der Waals surface area contributed by atoms with E-state index in [4.69, 9.17) is 4.74 Å². The molecule has 2 rings (SSSR count). The monoisotopic (exact) mass is 407 g/mol. The van der Waals surface area contributed by atoms with Gasteiger partial charge in [-0.3, -0.25) is 10.1 Å². The number of ether oxygens (including phenoxy) is 1. The van der Waals surface area contributed by atoms with Crippen molar-refractivity contribution in [2.75, 3.05) is 12.4 Å². The first-order valence-electron chi connectivity index (χ1n) is 8.89. The number of nitrogens with one attached hydrogen (secondary N) is 2. The molecule has 1 atom stereocenters. The highest BCUT2D eigenvalue weighted by molar-refractivity contribution is 7.89. The van der Waals surface area contributed by atoms with Crippen LogP contribution in [0.1, 0.15) is 38.8 Å². The number of anilines is 1. The number of hydrogen-bond acceptors (Lipinski definition) is 6. The Morgan fingerprint density at radius 1 is 1.14 bits per heavy atom. The van der Waals surface area contributed by atoms with E-state index in [1.807, 2.05) is 31.2 Å². The quantitative estimate of drug-likeness (QED) is 0.482. The van der Waals surface area contributed by atoms with Crippen LogP contribution in [0.2, 0.25) is 0 Å². The summed E-state index contributed by atoms with van der Waals surface area (Å²) in [6.07, 6.45) is 0.679. The van der Waals surface area contributed by atoms with Gasteiger partial charge in [-0.05, 0) is 50.1 Å². The van der Waals surface area contributed by atoms with Crippen molar-refractivity contribution < 1.29 is 18.1 Å². The first kappa shape index (κ1) is 21.6. The molecule has 0 spiro atoms. The van der Waals surface area contributed by atoms with Crippen LogP contribution in [0.3, 0.4) is 0 Å². The molecule has 2 N–H and O–H groups in total. The van der Waals surface area contributed by atoms with Gasteiger partial charge in [0.05, 0.1) is 23.0 Å². The highest BCUT2D eigenvalue weighted by Gasteiger charge is 2.23. The molecular weight excluding hydrogens is 382 g/mol. The van der Waals surface area contributed by atoms with Crippen molar-refractivity contribution in [2.45, 2.75) is 44.2 Å². The predicted octanol–water partition coefficient (Wildman–Crippen LogP) is 3.85. The van der Waals surface area contributed by atoms with Gasteiger partial charge in [-0.25, -0.2) is 13.1 Å². The Bertz CT molecular complexity index is 927. The van der Waals surface area contributed by atoms with Crippen LogP contribution in [0.15, 0.2) is 47.4 Å². The van der Waals surface area contributed by atoms with E-state index in [0.29, 0.717) is 6.42 Å². The first-order valence-corrected chi connectivity index (χ1v) is 10.4. The van der Waals surface area contributed by atoms with Gasteiger partial charge in [0, 0.05) is 12.1 Å². The van der Waals surface area contributed by atoms with Crippen molar-refractivity contribution in [1.29, 1.82) is 0 Å². The van der Waals surface area contributed by atoms with Gasteiger partial charge in [-0.15, -0.1) is 0 Å². The van der Waals surface area contributed by atoms with E-state index < -0.39 is 14.9 Å². The zero-order valence-electron chi connectivity index (χ0n) is 16.3. The summed E-state index contributed by atoms with van der Waals surface area (Å²) < 4.78 is 32.2. The van der Waals surface area contributed by atoms with Gasteiger partial charge in [-0.1, -0.05) is 19.1 Å². The molecule has 28 heavy (non-hydrogen) atoms. The van der Waals surface area contributed by atoms with E-state index in [-0.39, 0.29) is 28.4 Å². The van der Waals surface area contributed by atoms with Gasteiger partial charge in [0.1, 0.15) is 11.4 Å². The second-order valence-corrected chi connectivity index (χ2v) is 8.30. The Morgan fingerprint density at radius 3 is 2.29 bits per heavy atom. The van der Waals surface area contributed by atoms with Gasteiger partial charge in [-0.2, -0.15) is 0 Å². The molecule has 0 saturated heterocycles. The maximum Gasteiger partial charge on any atom is 0.293 e. The lowest BCUT2D eigenvalue weighted by atomic mass is 10.0. The second-order valence-electron chi connectivity index (χ2n) is 6.59. The summed E-state index contributed by atoms with van der Waals surface area (Å²) in [6.45, 7) is 5.32. The van der Waals surface area contributed by atoms with E-state index in [2.05, 4.69) is 10.0 Å². The van der Waals surface area contributed by atoms with Crippen LogP contribution in [0.5, 0.6) is 5.75 Å². The van der Waals surface area contributed by atoms with Crippen LogP contribution in [-0.2, 0) is 10.0 Å². The zero-order valence-corrected chi connectivity index (χ0v) is 17.1. The van der Waals surface area contributed by atoms with Gasteiger partial charge < -0.3 is 10.1 Å². The Balaban J connectivity index is 2.37. The molecule has 2 aromatic carbocycles. The SMILES string of the molecule is CC[C@@H](Nc1ccc(S(=O)(=O)NC(C)C)cc1[N+](=O)[O-])c1ccc(OC)cc1.